The van der Waals surface area contributed by atoms with Gasteiger partial charge in [0.05, 0.1) is 14.2 Å². The van der Waals surface area contributed by atoms with Gasteiger partial charge in [-0.3, -0.25) is 0 Å². The number of aliphatic imine (C=N–C) groups is 1. The highest BCUT2D eigenvalue weighted by atomic mass is 19.3. The lowest BCUT2D eigenvalue weighted by atomic mass is 9.77. The number of amides is 2. The third-order valence-corrected chi connectivity index (χ3v) is 8.85. The highest BCUT2D eigenvalue weighted by Crippen LogP contribution is 2.46. The Kier molecular flexibility index (Phi) is 14.1. The first-order chi connectivity index (χ1) is 22.8. The topological polar surface area (TPSA) is 114 Å². The van der Waals surface area contributed by atoms with E-state index in [9.17, 15) is 36.7 Å². The summed E-state index contributed by atoms with van der Waals surface area (Å²) in [6.07, 6.45) is 5.18. The van der Waals surface area contributed by atoms with Crippen molar-refractivity contribution in [1.82, 2.24) is 10.2 Å². The second kappa shape index (κ2) is 17.8. The van der Waals surface area contributed by atoms with Gasteiger partial charge < -0.3 is 19.7 Å². The van der Waals surface area contributed by atoms with Gasteiger partial charge in [0.2, 0.25) is 6.08 Å². The van der Waals surface area contributed by atoms with Crippen molar-refractivity contribution < 1.29 is 46.2 Å². The highest BCUT2D eigenvalue weighted by Gasteiger charge is 2.41. The molecule has 1 aliphatic carbocycles. The van der Waals surface area contributed by atoms with Crippen molar-refractivity contribution in [2.75, 3.05) is 27.3 Å². The van der Waals surface area contributed by atoms with Crippen LogP contribution >= 0.6 is 0 Å². The maximum Gasteiger partial charge on any atom is 0.331 e. The lowest BCUT2D eigenvalue weighted by molar-refractivity contribution is -0.146. The predicted octanol–water partition coefficient (Wildman–Crippen LogP) is 6.29. The number of carbonyl (C=O) groups is 3. The van der Waals surface area contributed by atoms with Crippen molar-refractivity contribution >= 4 is 24.0 Å². The maximum atomic E-state index is 14.6. The number of urea groups is 1. The molecule has 0 unspecified atom stereocenters. The lowest BCUT2D eigenvalue weighted by Gasteiger charge is -2.39. The molecule has 1 N–H and O–H groups in total. The van der Waals surface area contributed by atoms with Gasteiger partial charge in [-0.25, -0.2) is 36.7 Å². The molecule has 48 heavy (non-hydrogen) atoms. The smallest absolute Gasteiger partial charge is 0.331 e. The van der Waals surface area contributed by atoms with E-state index in [1.807, 2.05) is 0 Å². The molecule has 2 amide bonds. The summed E-state index contributed by atoms with van der Waals surface area (Å²) in [4.78, 5) is 50.7. The van der Waals surface area contributed by atoms with Crippen LogP contribution in [0.25, 0.3) is 0 Å². The van der Waals surface area contributed by atoms with E-state index in [2.05, 4.69) is 19.8 Å². The number of alkyl halides is 4. The van der Waals surface area contributed by atoms with E-state index in [1.54, 1.807) is 65.6 Å². The van der Waals surface area contributed by atoms with E-state index < -0.39 is 67.6 Å². The van der Waals surface area contributed by atoms with Crippen LogP contribution < -0.4 is 5.32 Å². The van der Waals surface area contributed by atoms with Gasteiger partial charge in [-0.2, -0.15) is 4.99 Å². The summed E-state index contributed by atoms with van der Waals surface area (Å²) in [6, 6.07) is 13.1. The zero-order valence-electron chi connectivity index (χ0n) is 27.3. The number of nitrogens with zero attached hydrogens (tertiary/aromatic N) is 2. The van der Waals surface area contributed by atoms with E-state index in [0.29, 0.717) is 29.6 Å². The molecule has 2 aromatic rings. The quantitative estimate of drug-likeness (QED) is 0.122. The molecule has 1 saturated carbocycles. The average molecular weight is 678 g/mol. The van der Waals surface area contributed by atoms with Crippen LogP contribution in [0.5, 0.6) is 0 Å². The molecule has 1 aliphatic heterocycles. The van der Waals surface area contributed by atoms with Crippen molar-refractivity contribution in [1.29, 1.82) is 0 Å². The summed E-state index contributed by atoms with van der Waals surface area (Å²) in [5, 5.41) is 2.49. The molecule has 1 heterocycles. The van der Waals surface area contributed by atoms with Crippen molar-refractivity contribution in [2.24, 2.45) is 10.4 Å². The van der Waals surface area contributed by atoms with Crippen molar-refractivity contribution in [3.63, 3.8) is 0 Å². The minimum atomic E-state index is -3.17. The van der Waals surface area contributed by atoms with E-state index >= 15 is 0 Å². The van der Waals surface area contributed by atoms with Gasteiger partial charge in [-0.15, -0.1) is 0 Å². The molecule has 4 rings (SSSR count). The van der Waals surface area contributed by atoms with Crippen LogP contribution in [-0.2, 0) is 36.7 Å². The Hall–Kier alpha value is -4.25. The van der Waals surface area contributed by atoms with Gasteiger partial charge in [-0.1, -0.05) is 73.5 Å². The Morgan fingerprint density at radius 1 is 0.812 bits per heavy atom. The minimum Gasteiger partial charge on any atom is -0.467 e. The second-order valence-electron chi connectivity index (χ2n) is 12.4. The number of hydrogen-bond acceptors (Lipinski definition) is 7. The van der Waals surface area contributed by atoms with Crippen molar-refractivity contribution in [3.8, 4) is 0 Å². The van der Waals surface area contributed by atoms with Crippen LogP contribution in [0.4, 0.5) is 22.4 Å². The summed E-state index contributed by atoms with van der Waals surface area (Å²) in [7, 11) is 2.19. The standard InChI is InChI=1S/C22H30F2N2O3.C13H13F2NO3/c1-29-19(27)18(16-22(23,24)15-17-7-3-2-4-8-17)25-20(28)26-13-11-21(12-14-26)9-5-6-10-21;1-19-12(18)11(16-9-17)8-13(14,15)7-10-5-3-2-4-6-10/h2-4,7-8,18H,5-6,9-16H2,1H3,(H,25,28);2-6,11H,7-8H2,1H3/t18-;11-/m00/s1. The summed E-state index contributed by atoms with van der Waals surface area (Å²) < 4.78 is 65.7. The lowest BCUT2D eigenvalue weighted by Crippen LogP contribution is -2.53. The number of likely N-dealkylation sites (tertiary alicyclic amines) is 1. The molecule has 9 nitrogen and oxygen atoms in total. The van der Waals surface area contributed by atoms with Crippen LogP contribution in [0.15, 0.2) is 65.7 Å². The van der Waals surface area contributed by atoms with Crippen LogP contribution in [0, 0.1) is 5.41 Å². The molecule has 262 valence electrons. The fourth-order valence-corrected chi connectivity index (χ4v) is 6.28. The number of piperidine rings is 1. The number of benzene rings is 2. The van der Waals surface area contributed by atoms with Gasteiger partial charge in [0.25, 0.3) is 11.8 Å². The summed E-state index contributed by atoms with van der Waals surface area (Å²) in [6.45, 7) is 1.19. The normalized spacial score (nSPS) is 16.8. The average Bonchev–Trinajstić information content (AvgIpc) is 3.51. The molecule has 2 aliphatic rings. The molecule has 1 saturated heterocycles. The molecule has 2 atom stereocenters. The number of methoxy groups -OCH3 is 2. The highest BCUT2D eigenvalue weighted by molar-refractivity contribution is 5.83. The second-order valence-corrected chi connectivity index (χ2v) is 12.4. The molecule has 0 aromatic heterocycles. The van der Waals surface area contributed by atoms with Crippen LogP contribution in [0.2, 0.25) is 0 Å². The SMILES string of the molecule is COC(=O)[C@H](CC(F)(F)Cc1ccccc1)N=C=O.COC(=O)[C@H](CC(F)(F)Cc1ccccc1)NC(=O)N1CCC2(CCCC2)CC1. The van der Waals surface area contributed by atoms with Gasteiger partial charge in [0.15, 0.2) is 6.04 Å². The molecule has 0 radical (unpaired) electrons. The zero-order chi connectivity index (χ0) is 35.2. The Morgan fingerprint density at radius 2 is 1.29 bits per heavy atom. The number of isocyanates is 1. The number of esters is 2. The molecule has 0 bridgehead atoms. The molecule has 1 spiro atoms. The molecule has 13 heteroatoms. The minimum absolute atomic E-state index is 0.348. The first kappa shape index (κ1) is 38.2. The summed E-state index contributed by atoms with van der Waals surface area (Å²) in [5.41, 5.74) is 1.26. The Balaban J connectivity index is 0.000000286. The van der Waals surface area contributed by atoms with Gasteiger partial charge in [0.1, 0.15) is 6.04 Å². The van der Waals surface area contributed by atoms with Crippen LogP contribution in [0.3, 0.4) is 0 Å². The van der Waals surface area contributed by atoms with Gasteiger partial charge in [0, 0.05) is 38.8 Å². The summed E-state index contributed by atoms with van der Waals surface area (Å²) in [5.74, 6) is -8.14. The first-order valence-corrected chi connectivity index (χ1v) is 15.9. The Bertz CT molecular complexity index is 1370. The number of halogens is 4. The molecule has 2 fully saturated rings. The predicted molar refractivity (Wildman–Crippen MR) is 169 cm³/mol. The fraction of sp³-hybridized carbons (Fsp3) is 0.543. The summed E-state index contributed by atoms with van der Waals surface area (Å²) >= 11 is 0. The van der Waals surface area contributed by atoms with Crippen molar-refractivity contribution in [3.05, 3.63) is 71.8 Å². The molecule has 2 aromatic carbocycles. The van der Waals surface area contributed by atoms with E-state index in [1.165, 1.54) is 25.7 Å². The number of rotatable bonds is 12. The fourth-order valence-electron chi connectivity index (χ4n) is 6.28. The number of ether oxygens (including phenoxy) is 2. The molecular weight excluding hydrogens is 634 g/mol. The molecular formula is C35H43F4N3O6. The number of nitrogens with one attached hydrogen (secondary N) is 1. The van der Waals surface area contributed by atoms with Crippen LogP contribution in [-0.4, -0.2) is 80.2 Å². The van der Waals surface area contributed by atoms with Crippen molar-refractivity contribution in [2.45, 2.75) is 88.1 Å². The van der Waals surface area contributed by atoms with Gasteiger partial charge in [-0.05, 0) is 42.2 Å². The first-order valence-electron chi connectivity index (χ1n) is 15.9. The van der Waals surface area contributed by atoms with Crippen LogP contribution in [0.1, 0.15) is 62.5 Å². The Morgan fingerprint density at radius 3 is 1.75 bits per heavy atom. The van der Waals surface area contributed by atoms with E-state index in [4.69, 9.17) is 0 Å². The van der Waals surface area contributed by atoms with Gasteiger partial charge >= 0.3 is 18.0 Å². The van der Waals surface area contributed by atoms with E-state index in [0.717, 1.165) is 33.1 Å². The maximum absolute atomic E-state index is 14.6. The zero-order valence-corrected chi connectivity index (χ0v) is 27.3. The van der Waals surface area contributed by atoms with E-state index in [-0.39, 0.29) is 0 Å². The number of hydrogen-bond donors (Lipinski definition) is 1. The third-order valence-electron chi connectivity index (χ3n) is 8.85. The largest absolute Gasteiger partial charge is 0.467 e. The Labute approximate surface area is 278 Å². The number of carbonyl (C=O) groups excluding carboxylic acids is 4. The monoisotopic (exact) mass is 677 g/mol. The third kappa shape index (κ3) is 12.1.